The largest absolute Gasteiger partial charge is 0.496 e. The lowest BCUT2D eigenvalue weighted by Gasteiger charge is -2.15. The van der Waals surface area contributed by atoms with E-state index in [1.807, 2.05) is 12.1 Å². The molecule has 0 bridgehead atoms. The van der Waals surface area contributed by atoms with Gasteiger partial charge in [0.2, 0.25) is 0 Å². The standard InChI is InChI=1S/C16H25NO3/c1-5-6-11-7-14(11)17-10-13-15(19-3)8-12(18-2)9-16(13)20-4/h8-9,11,14,17H,5-7,10H2,1-4H3. The van der Waals surface area contributed by atoms with Gasteiger partial charge in [0.05, 0.1) is 26.9 Å². The van der Waals surface area contributed by atoms with E-state index < -0.39 is 0 Å². The number of benzene rings is 1. The molecule has 0 aromatic heterocycles. The second kappa shape index (κ2) is 6.84. The van der Waals surface area contributed by atoms with Crippen LogP contribution in [-0.2, 0) is 6.54 Å². The summed E-state index contributed by atoms with van der Waals surface area (Å²) in [5.41, 5.74) is 1.05. The molecular formula is C16H25NO3. The van der Waals surface area contributed by atoms with E-state index in [-0.39, 0.29) is 0 Å². The van der Waals surface area contributed by atoms with Crippen molar-refractivity contribution < 1.29 is 14.2 Å². The van der Waals surface area contributed by atoms with Crippen LogP contribution in [-0.4, -0.2) is 27.4 Å². The quantitative estimate of drug-likeness (QED) is 0.794. The van der Waals surface area contributed by atoms with E-state index in [1.54, 1.807) is 21.3 Å². The average molecular weight is 279 g/mol. The summed E-state index contributed by atoms with van der Waals surface area (Å²) < 4.78 is 16.2. The molecule has 1 aromatic rings. The number of nitrogens with one attached hydrogen (secondary N) is 1. The number of methoxy groups -OCH3 is 3. The van der Waals surface area contributed by atoms with E-state index in [0.29, 0.717) is 6.04 Å². The zero-order valence-corrected chi connectivity index (χ0v) is 12.9. The van der Waals surface area contributed by atoms with Gasteiger partial charge in [0.25, 0.3) is 0 Å². The molecule has 1 aliphatic rings. The molecule has 1 N–H and O–H groups in total. The zero-order chi connectivity index (χ0) is 14.5. The lowest BCUT2D eigenvalue weighted by atomic mass is 10.1. The van der Waals surface area contributed by atoms with Gasteiger partial charge < -0.3 is 19.5 Å². The molecule has 0 heterocycles. The van der Waals surface area contributed by atoms with E-state index >= 15 is 0 Å². The summed E-state index contributed by atoms with van der Waals surface area (Å²) in [5, 5.41) is 3.59. The van der Waals surface area contributed by atoms with Crippen LogP contribution in [0.1, 0.15) is 31.7 Å². The molecule has 4 heteroatoms. The van der Waals surface area contributed by atoms with Crippen LogP contribution < -0.4 is 19.5 Å². The molecular weight excluding hydrogens is 254 g/mol. The second-order valence-corrected chi connectivity index (χ2v) is 5.28. The highest BCUT2D eigenvalue weighted by Crippen LogP contribution is 2.37. The van der Waals surface area contributed by atoms with Crippen molar-refractivity contribution in [2.24, 2.45) is 5.92 Å². The highest BCUT2D eigenvalue weighted by atomic mass is 16.5. The maximum Gasteiger partial charge on any atom is 0.130 e. The van der Waals surface area contributed by atoms with E-state index in [1.165, 1.54) is 19.3 Å². The Labute approximate surface area is 121 Å². The smallest absolute Gasteiger partial charge is 0.130 e. The Hall–Kier alpha value is -1.42. The van der Waals surface area contributed by atoms with Crippen molar-refractivity contribution in [1.29, 1.82) is 0 Å². The van der Waals surface area contributed by atoms with Crippen molar-refractivity contribution >= 4 is 0 Å². The first-order chi connectivity index (χ1) is 9.73. The lowest BCUT2D eigenvalue weighted by molar-refractivity contribution is 0.366. The molecule has 1 fully saturated rings. The maximum atomic E-state index is 5.46. The third kappa shape index (κ3) is 3.37. The Morgan fingerprint density at radius 2 is 1.75 bits per heavy atom. The van der Waals surface area contributed by atoms with E-state index in [0.717, 1.165) is 35.3 Å². The van der Waals surface area contributed by atoms with Crippen molar-refractivity contribution in [3.63, 3.8) is 0 Å². The number of rotatable bonds is 8. The van der Waals surface area contributed by atoms with Crippen molar-refractivity contribution in [3.05, 3.63) is 17.7 Å². The van der Waals surface area contributed by atoms with Crippen molar-refractivity contribution in [2.75, 3.05) is 21.3 Å². The minimum absolute atomic E-state index is 0.645. The normalized spacial score (nSPS) is 20.6. The van der Waals surface area contributed by atoms with E-state index in [2.05, 4.69) is 12.2 Å². The molecule has 1 aliphatic carbocycles. The number of hydrogen-bond acceptors (Lipinski definition) is 4. The van der Waals surface area contributed by atoms with Gasteiger partial charge in [-0.3, -0.25) is 0 Å². The monoisotopic (exact) mass is 279 g/mol. The van der Waals surface area contributed by atoms with Crippen LogP contribution in [0.5, 0.6) is 17.2 Å². The molecule has 112 valence electrons. The fourth-order valence-electron chi connectivity index (χ4n) is 2.67. The highest BCUT2D eigenvalue weighted by Gasteiger charge is 2.35. The molecule has 0 radical (unpaired) electrons. The van der Waals surface area contributed by atoms with Gasteiger partial charge in [-0.2, -0.15) is 0 Å². The first-order valence-electron chi connectivity index (χ1n) is 7.25. The summed E-state index contributed by atoms with van der Waals surface area (Å²) in [6, 6.07) is 4.44. The van der Waals surface area contributed by atoms with Crippen LogP contribution in [0.3, 0.4) is 0 Å². The molecule has 0 amide bonds. The van der Waals surface area contributed by atoms with Crippen LogP contribution >= 0.6 is 0 Å². The number of ether oxygens (including phenoxy) is 3. The average Bonchev–Trinajstić information content (AvgIpc) is 3.22. The zero-order valence-electron chi connectivity index (χ0n) is 12.9. The van der Waals surface area contributed by atoms with Crippen LogP contribution in [0.15, 0.2) is 12.1 Å². The Balaban J connectivity index is 2.06. The Morgan fingerprint density at radius 3 is 2.25 bits per heavy atom. The van der Waals surface area contributed by atoms with Gasteiger partial charge in [-0.25, -0.2) is 0 Å². The van der Waals surface area contributed by atoms with E-state index in [9.17, 15) is 0 Å². The van der Waals surface area contributed by atoms with Gasteiger partial charge in [0.15, 0.2) is 0 Å². The summed E-state index contributed by atoms with van der Waals surface area (Å²) in [7, 11) is 5.00. The van der Waals surface area contributed by atoms with Gasteiger partial charge in [-0.05, 0) is 18.8 Å². The Kier molecular flexibility index (Phi) is 5.12. The lowest BCUT2D eigenvalue weighted by Crippen LogP contribution is -2.18. The third-order valence-corrected chi connectivity index (χ3v) is 3.94. The van der Waals surface area contributed by atoms with Crippen molar-refractivity contribution in [3.8, 4) is 17.2 Å². The van der Waals surface area contributed by atoms with Crippen LogP contribution in [0, 0.1) is 5.92 Å². The first kappa shape index (κ1) is 15.0. The van der Waals surface area contributed by atoms with Gasteiger partial charge in [0, 0.05) is 24.7 Å². The Morgan fingerprint density at radius 1 is 1.10 bits per heavy atom. The molecule has 1 saturated carbocycles. The summed E-state index contributed by atoms with van der Waals surface area (Å²) in [6.07, 6.45) is 3.86. The molecule has 2 atom stereocenters. The van der Waals surface area contributed by atoms with Crippen molar-refractivity contribution in [2.45, 2.75) is 38.8 Å². The topological polar surface area (TPSA) is 39.7 Å². The van der Waals surface area contributed by atoms with Crippen molar-refractivity contribution in [1.82, 2.24) is 5.32 Å². The van der Waals surface area contributed by atoms with Crippen LogP contribution in [0.2, 0.25) is 0 Å². The predicted molar refractivity (Wildman–Crippen MR) is 79.7 cm³/mol. The fraction of sp³-hybridized carbons (Fsp3) is 0.625. The third-order valence-electron chi connectivity index (χ3n) is 3.94. The first-order valence-corrected chi connectivity index (χ1v) is 7.25. The molecule has 4 nitrogen and oxygen atoms in total. The van der Waals surface area contributed by atoms with Gasteiger partial charge >= 0.3 is 0 Å². The van der Waals surface area contributed by atoms with Crippen LogP contribution in [0.25, 0.3) is 0 Å². The molecule has 2 rings (SSSR count). The van der Waals surface area contributed by atoms with E-state index in [4.69, 9.17) is 14.2 Å². The number of hydrogen-bond donors (Lipinski definition) is 1. The summed E-state index contributed by atoms with van der Waals surface area (Å²) in [4.78, 5) is 0. The highest BCUT2D eigenvalue weighted by molar-refractivity contribution is 5.50. The SMILES string of the molecule is CCCC1CC1NCc1c(OC)cc(OC)cc1OC. The van der Waals surface area contributed by atoms with Gasteiger partial charge in [-0.15, -0.1) is 0 Å². The maximum absolute atomic E-state index is 5.46. The minimum Gasteiger partial charge on any atom is -0.496 e. The second-order valence-electron chi connectivity index (χ2n) is 5.28. The molecule has 1 aromatic carbocycles. The van der Waals surface area contributed by atoms with Gasteiger partial charge in [-0.1, -0.05) is 13.3 Å². The predicted octanol–water partition coefficient (Wildman–Crippen LogP) is 2.99. The van der Waals surface area contributed by atoms with Crippen LogP contribution in [0.4, 0.5) is 0 Å². The fourth-order valence-corrected chi connectivity index (χ4v) is 2.67. The summed E-state index contributed by atoms with van der Waals surface area (Å²) in [5.74, 6) is 3.20. The van der Waals surface area contributed by atoms with Gasteiger partial charge in [0.1, 0.15) is 17.2 Å². The summed E-state index contributed by atoms with van der Waals surface area (Å²) >= 11 is 0. The molecule has 0 spiro atoms. The minimum atomic E-state index is 0.645. The Bertz CT molecular complexity index is 422. The molecule has 0 saturated heterocycles. The molecule has 20 heavy (non-hydrogen) atoms. The molecule has 0 aliphatic heterocycles. The summed E-state index contributed by atoms with van der Waals surface area (Å²) in [6.45, 7) is 3.01. The molecule has 2 unspecified atom stereocenters.